The van der Waals surface area contributed by atoms with Crippen molar-refractivity contribution < 1.29 is 10.0 Å². The predicted molar refractivity (Wildman–Crippen MR) is 83.7 cm³/mol. The van der Waals surface area contributed by atoms with Crippen LogP contribution in [0.1, 0.15) is 60.1 Å². The van der Waals surface area contributed by atoms with Gasteiger partial charge in [0.1, 0.15) is 0 Å². The molecule has 5 heteroatoms. The number of unbranched alkanes of at least 4 members (excludes halogenated alkanes) is 1. The highest BCUT2D eigenvalue weighted by atomic mass is 16.5. The highest BCUT2D eigenvalue weighted by Crippen LogP contribution is 2.30. The van der Waals surface area contributed by atoms with Crippen molar-refractivity contribution in [2.24, 2.45) is 5.92 Å². The van der Waals surface area contributed by atoms with Gasteiger partial charge in [0.2, 0.25) is 0 Å². The lowest BCUT2D eigenvalue weighted by atomic mass is 9.82. The Morgan fingerprint density at radius 3 is 3.00 bits per heavy atom. The first kappa shape index (κ1) is 15.4. The Balaban J connectivity index is 1.47. The molecule has 3 rings (SSSR count). The zero-order chi connectivity index (χ0) is 15.4. The number of carbonyl (C=O) groups is 1. The maximum absolute atomic E-state index is 11.4. The van der Waals surface area contributed by atoms with Crippen molar-refractivity contribution in [2.75, 3.05) is 13.1 Å². The first-order valence-electron chi connectivity index (χ1n) is 8.41. The molecule has 1 aromatic rings. The number of aromatic nitrogens is 1. The Hall–Kier alpha value is -1.46. The zero-order valence-electron chi connectivity index (χ0n) is 13.1. The zero-order valence-corrected chi connectivity index (χ0v) is 13.1. The molecular formula is C17H25N3O2. The summed E-state index contributed by atoms with van der Waals surface area (Å²) in [4.78, 5) is 18.3. The smallest absolute Gasteiger partial charge is 0.276 e. The lowest BCUT2D eigenvalue weighted by Crippen LogP contribution is -2.32. The molecule has 0 aromatic carbocycles. The van der Waals surface area contributed by atoms with Crippen molar-refractivity contribution in [3.8, 4) is 0 Å². The maximum Gasteiger partial charge on any atom is 0.276 e. The Kier molecular flexibility index (Phi) is 5.05. The van der Waals surface area contributed by atoms with Crippen LogP contribution in [0.4, 0.5) is 0 Å². The first-order chi connectivity index (χ1) is 10.8. The molecule has 1 fully saturated rings. The van der Waals surface area contributed by atoms with E-state index < -0.39 is 5.91 Å². The van der Waals surface area contributed by atoms with Gasteiger partial charge in [0.15, 0.2) is 0 Å². The van der Waals surface area contributed by atoms with Crippen LogP contribution in [0.5, 0.6) is 0 Å². The lowest BCUT2D eigenvalue weighted by Gasteiger charge is -2.29. The fraction of sp³-hybridized carbons (Fsp3) is 0.647. The molecular weight excluding hydrogens is 278 g/mol. The van der Waals surface area contributed by atoms with Crippen LogP contribution in [0.25, 0.3) is 0 Å². The highest BCUT2D eigenvalue weighted by molar-refractivity contribution is 5.93. The molecule has 0 atom stereocenters. The quantitative estimate of drug-likeness (QED) is 0.481. The van der Waals surface area contributed by atoms with E-state index in [1.54, 1.807) is 11.7 Å². The summed E-state index contributed by atoms with van der Waals surface area (Å²) in [6.45, 7) is 3.05. The van der Waals surface area contributed by atoms with Crippen molar-refractivity contribution in [2.45, 2.75) is 51.5 Å². The molecule has 22 heavy (non-hydrogen) atoms. The number of nitrogens with zero attached hydrogens (tertiary/aromatic N) is 2. The van der Waals surface area contributed by atoms with E-state index in [2.05, 4.69) is 9.88 Å². The number of pyridine rings is 1. The summed E-state index contributed by atoms with van der Waals surface area (Å²) >= 11 is 0. The number of carbonyl (C=O) groups excluding carboxylic acids is 1. The first-order valence-corrected chi connectivity index (χ1v) is 8.41. The minimum Gasteiger partial charge on any atom is -0.297 e. The summed E-state index contributed by atoms with van der Waals surface area (Å²) in [6, 6.07) is 1.85. The third-order valence-electron chi connectivity index (χ3n) is 5.06. The van der Waals surface area contributed by atoms with Gasteiger partial charge >= 0.3 is 0 Å². The van der Waals surface area contributed by atoms with Crippen LogP contribution < -0.4 is 5.48 Å². The minimum atomic E-state index is -0.492. The average Bonchev–Trinajstić information content (AvgIpc) is 2.51. The summed E-state index contributed by atoms with van der Waals surface area (Å²) in [5.41, 5.74) is 4.29. The maximum atomic E-state index is 11.4. The van der Waals surface area contributed by atoms with Crippen LogP contribution >= 0.6 is 0 Å². The van der Waals surface area contributed by atoms with E-state index in [9.17, 15) is 4.79 Å². The monoisotopic (exact) mass is 303 g/mol. The van der Waals surface area contributed by atoms with Gasteiger partial charge in [-0.2, -0.15) is 0 Å². The third kappa shape index (κ3) is 3.65. The van der Waals surface area contributed by atoms with Crippen molar-refractivity contribution in [3.63, 3.8) is 0 Å². The number of amides is 1. The van der Waals surface area contributed by atoms with Gasteiger partial charge in [-0.3, -0.25) is 19.9 Å². The molecule has 0 radical (unpaired) electrons. The molecule has 0 saturated heterocycles. The molecule has 2 heterocycles. The van der Waals surface area contributed by atoms with Crippen LogP contribution in [0.2, 0.25) is 0 Å². The van der Waals surface area contributed by atoms with E-state index in [4.69, 9.17) is 5.21 Å². The summed E-state index contributed by atoms with van der Waals surface area (Å²) in [7, 11) is 0. The van der Waals surface area contributed by atoms with Gasteiger partial charge in [-0.05, 0) is 36.9 Å². The van der Waals surface area contributed by atoms with E-state index in [0.717, 1.165) is 43.2 Å². The predicted octanol–water partition coefficient (Wildman–Crippen LogP) is 2.53. The summed E-state index contributed by atoms with van der Waals surface area (Å²) in [6.07, 6.45) is 10.8. The Morgan fingerprint density at radius 1 is 1.41 bits per heavy atom. The number of nitrogens with one attached hydrogen (secondary N) is 1. The fourth-order valence-electron chi connectivity index (χ4n) is 3.40. The van der Waals surface area contributed by atoms with Crippen molar-refractivity contribution in [1.29, 1.82) is 0 Å². The van der Waals surface area contributed by atoms with E-state index in [1.165, 1.54) is 38.5 Å². The molecule has 2 N–H and O–H groups in total. The van der Waals surface area contributed by atoms with Crippen molar-refractivity contribution in [3.05, 3.63) is 29.1 Å². The Labute approximate surface area is 131 Å². The normalized spacial score (nSPS) is 18.6. The number of fused-ring (bicyclic) bond motifs is 1. The number of rotatable bonds is 6. The van der Waals surface area contributed by atoms with Crippen LogP contribution in [-0.4, -0.2) is 34.1 Å². The Morgan fingerprint density at radius 2 is 2.27 bits per heavy atom. The summed E-state index contributed by atoms with van der Waals surface area (Å²) < 4.78 is 0. The molecule has 1 amide bonds. The van der Waals surface area contributed by atoms with Gasteiger partial charge < -0.3 is 0 Å². The summed E-state index contributed by atoms with van der Waals surface area (Å²) in [5.74, 6) is 0.522. The van der Waals surface area contributed by atoms with Gasteiger partial charge in [0.25, 0.3) is 5.91 Å². The molecule has 1 aliphatic heterocycles. The standard InChI is InChI=1S/C17H25N3O2/c21-17(19-22)15-10-14-7-9-20(12-16(14)18-11-15)8-2-1-4-13-5-3-6-13/h10-11,13,22H,1-9,12H2,(H,19,21). The van der Waals surface area contributed by atoms with E-state index in [1.807, 2.05) is 6.07 Å². The number of hydrogen-bond acceptors (Lipinski definition) is 4. The SMILES string of the molecule is O=C(NO)c1cnc2c(c1)CCN(CCCCC1CCC1)C2. The van der Waals surface area contributed by atoms with Gasteiger partial charge in [-0.25, -0.2) is 5.48 Å². The molecule has 120 valence electrons. The van der Waals surface area contributed by atoms with Crippen LogP contribution in [0.15, 0.2) is 12.3 Å². The topological polar surface area (TPSA) is 65.5 Å². The molecule has 2 aliphatic rings. The average molecular weight is 303 g/mol. The van der Waals surface area contributed by atoms with Gasteiger partial charge in [0, 0.05) is 19.3 Å². The molecule has 1 aliphatic carbocycles. The number of hydrogen-bond donors (Lipinski definition) is 2. The van der Waals surface area contributed by atoms with Gasteiger partial charge in [-0.1, -0.05) is 32.1 Å². The molecule has 0 unspecified atom stereocenters. The second-order valence-electron chi connectivity index (χ2n) is 6.59. The van der Waals surface area contributed by atoms with Crippen LogP contribution in [0, 0.1) is 5.92 Å². The number of hydroxylamine groups is 1. The largest absolute Gasteiger partial charge is 0.297 e. The second kappa shape index (κ2) is 7.20. The minimum absolute atomic E-state index is 0.426. The van der Waals surface area contributed by atoms with E-state index in [-0.39, 0.29) is 0 Å². The molecule has 5 nitrogen and oxygen atoms in total. The molecule has 0 spiro atoms. The molecule has 1 aromatic heterocycles. The van der Waals surface area contributed by atoms with Gasteiger partial charge in [-0.15, -0.1) is 0 Å². The van der Waals surface area contributed by atoms with E-state index >= 15 is 0 Å². The van der Waals surface area contributed by atoms with Gasteiger partial charge in [0.05, 0.1) is 11.3 Å². The second-order valence-corrected chi connectivity index (χ2v) is 6.59. The third-order valence-corrected chi connectivity index (χ3v) is 5.06. The molecule has 1 saturated carbocycles. The van der Waals surface area contributed by atoms with Crippen LogP contribution in [-0.2, 0) is 13.0 Å². The van der Waals surface area contributed by atoms with E-state index in [0.29, 0.717) is 5.56 Å². The lowest BCUT2D eigenvalue weighted by molar-refractivity contribution is 0.0705. The Bertz CT molecular complexity index is 529. The van der Waals surface area contributed by atoms with Crippen LogP contribution in [0.3, 0.4) is 0 Å². The molecule has 0 bridgehead atoms. The highest BCUT2D eigenvalue weighted by Gasteiger charge is 2.20. The summed E-state index contributed by atoms with van der Waals surface area (Å²) in [5, 5.41) is 8.68. The van der Waals surface area contributed by atoms with Crippen molar-refractivity contribution in [1.82, 2.24) is 15.4 Å². The van der Waals surface area contributed by atoms with Crippen molar-refractivity contribution >= 4 is 5.91 Å². The fourth-order valence-corrected chi connectivity index (χ4v) is 3.40.